The minimum Gasteiger partial charge on any atom is -0.432 e. The average Bonchev–Trinajstić information content (AvgIpc) is 0.671. The van der Waals surface area contributed by atoms with E-state index in [2.05, 4.69) is 40.7 Å². The van der Waals surface area contributed by atoms with Gasteiger partial charge in [-0.15, -0.1) is 0 Å². The predicted molar refractivity (Wildman–Crippen MR) is 374 cm³/mol. The molecule has 12 fully saturated rings. The first-order valence-corrected chi connectivity index (χ1v) is 39.9. The average molecular weight is 1650 g/mol. The molecule has 22 N–H and O–H groups in total. The van der Waals surface area contributed by atoms with E-state index in [4.69, 9.17) is 75.8 Å². The molecule has 13 aliphatic rings. The van der Waals surface area contributed by atoms with Gasteiger partial charge in [0.05, 0.1) is 75.6 Å². The summed E-state index contributed by atoms with van der Waals surface area (Å²) in [4.78, 5) is 16.2. The summed E-state index contributed by atoms with van der Waals surface area (Å²) in [5.41, 5.74) is -3.88. The lowest BCUT2D eigenvalue weighted by atomic mass is 9.33. The molecule has 5 aliphatic carbocycles. The van der Waals surface area contributed by atoms with Crippen molar-refractivity contribution in [2.24, 2.45) is 50.2 Å². The lowest BCUT2D eigenvalue weighted by Crippen LogP contribution is -2.70. The second kappa shape index (κ2) is 34.1. The topological polar surface area (TPSA) is 610 Å². The molecule has 0 aromatic rings. The summed E-state index contributed by atoms with van der Waals surface area (Å²) in [6.07, 6.45) is -62.0. The van der Waals surface area contributed by atoms with Gasteiger partial charge in [-0.1, -0.05) is 53.2 Å². The van der Waals surface area contributed by atoms with Gasteiger partial charge in [-0.25, -0.2) is 0 Å². The van der Waals surface area contributed by atoms with E-state index < -0.39 is 318 Å². The van der Waals surface area contributed by atoms with Crippen LogP contribution in [0.15, 0.2) is 11.6 Å². The predicted octanol–water partition coefficient (Wildman–Crippen LogP) is -7.80. The van der Waals surface area contributed by atoms with Gasteiger partial charge in [-0.05, 0) is 118 Å². The van der Waals surface area contributed by atoms with Gasteiger partial charge in [0.25, 0.3) is 0 Å². The molecule has 8 saturated heterocycles. The van der Waals surface area contributed by atoms with Crippen molar-refractivity contribution in [3.05, 3.63) is 11.6 Å². The Morgan fingerprint density at radius 3 is 1.46 bits per heavy atom. The van der Waals surface area contributed by atoms with Crippen LogP contribution >= 0.6 is 0 Å². The number of hydrogen-bond donors (Lipinski definition) is 22. The molecule has 39 nitrogen and oxygen atoms in total. The van der Waals surface area contributed by atoms with Crippen molar-refractivity contribution in [2.45, 2.75) is 360 Å². The van der Waals surface area contributed by atoms with Crippen molar-refractivity contribution in [2.75, 3.05) is 39.6 Å². The number of aliphatic hydroxyl groups excluding tert-OH is 22. The molecular formula is C75H122O39. The molecule has 8 heterocycles. The summed E-state index contributed by atoms with van der Waals surface area (Å²) >= 11 is 0. The third-order valence-corrected chi connectivity index (χ3v) is 28.7. The van der Waals surface area contributed by atoms with Gasteiger partial charge in [0.1, 0.15) is 153 Å². The Morgan fingerprint density at radius 1 is 0.404 bits per heavy atom. The van der Waals surface area contributed by atoms with Crippen LogP contribution in [0.5, 0.6) is 0 Å². The first kappa shape index (κ1) is 89.5. The summed E-state index contributed by atoms with van der Waals surface area (Å²) in [7, 11) is 0. The van der Waals surface area contributed by atoms with Crippen molar-refractivity contribution in [1.82, 2.24) is 0 Å². The molecule has 4 saturated carbocycles. The molecule has 47 atom stereocenters. The summed E-state index contributed by atoms with van der Waals surface area (Å²) in [6, 6.07) is 0. The van der Waals surface area contributed by atoms with Crippen molar-refractivity contribution < 1.29 is 193 Å². The maximum atomic E-state index is 16.2. The van der Waals surface area contributed by atoms with Gasteiger partial charge in [-0.2, -0.15) is 0 Å². The van der Waals surface area contributed by atoms with Crippen LogP contribution in [0.2, 0.25) is 0 Å². The molecule has 0 bridgehead atoms. The molecule has 13 rings (SSSR count). The first-order chi connectivity index (χ1) is 53.5. The summed E-state index contributed by atoms with van der Waals surface area (Å²) in [5.74, 6) is -1.82. The third-order valence-electron chi connectivity index (χ3n) is 28.7. The highest BCUT2D eigenvalue weighted by Gasteiger charge is 2.72. The molecule has 0 unspecified atom stereocenters. The van der Waals surface area contributed by atoms with Gasteiger partial charge in [0.15, 0.2) is 50.1 Å². The van der Waals surface area contributed by atoms with Crippen LogP contribution in [0.25, 0.3) is 0 Å². The number of esters is 1. The standard InChI is InChI=1S/C75H122O39/c1-26-39(83)44(88)48(92)63(102-26)108-55-33(81)23-100-62(51(55)95)107-54-28(3)104-66(53(97)58(54)111-61-47(91)41(85)32(80)22-99-61)112-59-56(109-64-49(93)45(89)40(84)27(2)103-64)34(82)24-101-68(59)114-69(98)75-16-14-70(4,5)18-30(75)29-10-11-38-71(6)19-31(79)60(72(7,25-78)37(71)12-13-74(38,9)73(29,8)15-17-75)113-67-52(96)57(43(87)36(21-77)106-67)110-65-50(94)46(90)42(86)35(20-76)105-65/h10,26-28,30-68,76-97H,11-25H2,1-9H3/t26-,27-,28-,30+,31-,32+,33+,34-,35+,36+,37+,38+,39-,40-,41-,42+,43+,44+,45+,46-,47+,48+,49+,50+,51+,52+,53+,54-,55-,56-,57-,58-,59+,60-,61-,62-,63-,64-,65-,66-,67-,68-,71-,72-,73+,74+,75-/m0/s1. The van der Waals surface area contributed by atoms with E-state index in [0.717, 1.165) is 5.57 Å². The Labute approximate surface area is 657 Å². The minimum atomic E-state index is -2.19. The molecule has 39 heteroatoms. The number of aliphatic hydroxyl groups is 22. The Kier molecular flexibility index (Phi) is 26.8. The summed E-state index contributed by atoms with van der Waals surface area (Å²) in [6.45, 7) is 12.7. The zero-order chi connectivity index (χ0) is 83.0. The van der Waals surface area contributed by atoms with Gasteiger partial charge in [-0.3, -0.25) is 4.79 Å². The van der Waals surface area contributed by atoms with Crippen LogP contribution in [0.1, 0.15) is 120 Å². The van der Waals surface area contributed by atoms with Crippen LogP contribution in [0.3, 0.4) is 0 Å². The number of carbonyl (C=O) groups is 1. The van der Waals surface area contributed by atoms with Crippen LogP contribution in [0, 0.1) is 50.2 Å². The Bertz CT molecular complexity index is 3270. The molecule has 0 aromatic carbocycles. The van der Waals surface area contributed by atoms with Crippen LogP contribution in [0.4, 0.5) is 0 Å². The van der Waals surface area contributed by atoms with Gasteiger partial charge in [0.2, 0.25) is 6.29 Å². The second-order valence-electron chi connectivity index (χ2n) is 36.1. The van der Waals surface area contributed by atoms with E-state index in [0.29, 0.717) is 44.9 Å². The lowest BCUT2D eigenvalue weighted by molar-refractivity contribution is -0.399. The van der Waals surface area contributed by atoms with Gasteiger partial charge < -0.3 is 188 Å². The van der Waals surface area contributed by atoms with E-state index in [1.54, 1.807) is 6.92 Å². The Balaban J connectivity index is 0.776. The molecular weight excluding hydrogens is 1520 g/mol. The normalized spacial score (nSPS) is 55.8. The fourth-order valence-electron chi connectivity index (χ4n) is 21.6. The van der Waals surface area contributed by atoms with E-state index in [1.807, 2.05) is 0 Å². The molecule has 114 heavy (non-hydrogen) atoms. The third kappa shape index (κ3) is 15.7. The SMILES string of the molecule is C[C@@H]1O[C@@H](O[C@@H]2[C@@H](O)[C@H](O[C@@H]3[C@@H](O[C@@H]4OC[C@@H](O)[C@H](O)[C@H]4O)[C@@H](O)[C@H](O[C@H]4[C@H](OC(=O)[C@]56CCC(C)(C)C[C@@H]5C5=CC[C@@H]7[C@@]8(C)C[C@H](O)[C@H](O[C@@H]9O[C@H](CO)[C@@H](O)[C@H](O[C@@H]%10O[C@H](CO)[C@@H](O)[C@H](O)[C@H]%10O)[C@H]9O)[C@@](C)(CO)[C@@H]8CC[C@@]7(C)[C@]5(C)CC6)OC[C@H](O)[C@@H]4O[C@@H]4O[C@@H](C)[C@H](O)[C@@H](O)[C@H]4O)O[C@H]3C)OC[C@H]2O)[C@H](O)[C@H](O)[C@H]1O. The number of fused-ring (bicyclic) bond motifs is 7. The molecule has 0 amide bonds. The van der Waals surface area contributed by atoms with Crippen molar-refractivity contribution in [1.29, 1.82) is 0 Å². The van der Waals surface area contributed by atoms with Crippen LogP contribution in [-0.4, -0.2) is 397 Å². The number of ether oxygens (including phenoxy) is 16. The van der Waals surface area contributed by atoms with Crippen molar-refractivity contribution >= 4 is 5.97 Å². The Hall–Kier alpha value is -2.27. The fourth-order valence-corrected chi connectivity index (χ4v) is 21.6. The smallest absolute Gasteiger partial charge is 0.315 e. The minimum absolute atomic E-state index is 0.116. The second-order valence-corrected chi connectivity index (χ2v) is 36.1. The highest BCUT2D eigenvalue weighted by molar-refractivity contribution is 5.79. The number of hydrogen-bond acceptors (Lipinski definition) is 39. The molecule has 0 aromatic heterocycles. The molecule has 8 aliphatic heterocycles. The largest absolute Gasteiger partial charge is 0.432 e. The molecule has 0 spiro atoms. The lowest BCUT2D eigenvalue weighted by Gasteiger charge is -2.72. The quantitative estimate of drug-likeness (QED) is 0.0324. The maximum absolute atomic E-state index is 16.2. The fraction of sp³-hybridized carbons (Fsp3) is 0.960. The van der Waals surface area contributed by atoms with E-state index >= 15 is 4.79 Å². The summed E-state index contributed by atoms with van der Waals surface area (Å²) < 4.78 is 97.7. The first-order valence-electron chi connectivity index (χ1n) is 39.9. The number of carbonyl (C=O) groups excluding carboxylic acids is 1. The van der Waals surface area contributed by atoms with Gasteiger partial charge >= 0.3 is 5.97 Å². The monoisotopic (exact) mass is 1650 g/mol. The molecule has 0 radical (unpaired) electrons. The van der Waals surface area contributed by atoms with Gasteiger partial charge in [0, 0.05) is 5.41 Å². The van der Waals surface area contributed by atoms with E-state index in [1.165, 1.54) is 20.8 Å². The van der Waals surface area contributed by atoms with Crippen LogP contribution in [-0.2, 0) is 80.6 Å². The summed E-state index contributed by atoms with van der Waals surface area (Å²) in [5, 5.41) is 245. The highest BCUT2D eigenvalue weighted by Crippen LogP contribution is 2.76. The van der Waals surface area contributed by atoms with Crippen molar-refractivity contribution in [3.63, 3.8) is 0 Å². The number of rotatable bonds is 19. The van der Waals surface area contributed by atoms with Crippen molar-refractivity contribution in [3.8, 4) is 0 Å². The zero-order valence-electron chi connectivity index (χ0n) is 65.2. The van der Waals surface area contributed by atoms with Crippen LogP contribution < -0.4 is 0 Å². The maximum Gasteiger partial charge on any atom is 0.315 e. The van der Waals surface area contributed by atoms with E-state index in [-0.39, 0.29) is 30.1 Å². The van der Waals surface area contributed by atoms with E-state index in [9.17, 15) is 112 Å². The number of allylic oxidation sites excluding steroid dienone is 2. The Morgan fingerprint density at radius 2 is 0.860 bits per heavy atom. The molecule has 656 valence electrons. The highest BCUT2D eigenvalue weighted by atomic mass is 16.8. The zero-order valence-corrected chi connectivity index (χ0v) is 65.2.